The van der Waals surface area contributed by atoms with E-state index in [-0.39, 0.29) is 0 Å². The molecule has 1 N–H and O–H groups in total. The minimum absolute atomic E-state index is 0.954. The van der Waals surface area contributed by atoms with Crippen molar-refractivity contribution in [2.24, 2.45) is 0 Å². The maximum atomic E-state index is 3.64. The van der Waals surface area contributed by atoms with Crippen LogP contribution < -0.4 is 5.32 Å². The molecule has 0 aliphatic heterocycles. The molecule has 1 nitrogen and oxygen atoms in total. The van der Waals surface area contributed by atoms with Gasteiger partial charge in [0.25, 0.3) is 0 Å². The van der Waals surface area contributed by atoms with Gasteiger partial charge in [-0.15, -0.1) is 11.3 Å². The molecule has 3 rings (SSSR count). The van der Waals surface area contributed by atoms with Gasteiger partial charge in [0.1, 0.15) is 0 Å². The summed E-state index contributed by atoms with van der Waals surface area (Å²) in [7, 11) is 0. The summed E-state index contributed by atoms with van der Waals surface area (Å²) in [4.78, 5) is 2.72. The number of rotatable bonds is 4. The smallest absolute Gasteiger partial charge is 0.0352 e. The molecular weight excluding hydrogens is 330 g/mol. The molecule has 0 fully saturated rings. The van der Waals surface area contributed by atoms with Crippen LogP contribution in [-0.4, -0.2) is 6.54 Å². The Morgan fingerprint density at radius 2 is 1.80 bits per heavy atom. The van der Waals surface area contributed by atoms with E-state index in [9.17, 15) is 0 Å². The third-order valence-corrected chi connectivity index (χ3v) is 5.16. The fourth-order valence-electron chi connectivity index (χ4n) is 2.34. The Bertz CT molecular complexity index is 733. The Labute approximate surface area is 131 Å². The molecule has 0 atom stereocenters. The van der Waals surface area contributed by atoms with Gasteiger partial charge in [-0.05, 0) is 41.1 Å². The van der Waals surface area contributed by atoms with E-state index in [1.807, 2.05) is 11.3 Å². The standard InChI is InChI=1S/C17H16BrNS/c1-2-19-11-12-7-10-17(20-12)15-8-9-16(18)14-6-4-3-5-13(14)15/h3-10,19H,2,11H2,1H3. The van der Waals surface area contributed by atoms with Gasteiger partial charge in [-0.25, -0.2) is 0 Å². The molecule has 2 aromatic carbocycles. The van der Waals surface area contributed by atoms with Crippen LogP contribution in [-0.2, 0) is 6.54 Å². The summed E-state index contributed by atoms with van der Waals surface area (Å²) in [6, 6.07) is 17.3. The van der Waals surface area contributed by atoms with Gasteiger partial charge >= 0.3 is 0 Å². The first-order valence-corrected chi connectivity index (χ1v) is 8.37. The average molecular weight is 346 g/mol. The number of hydrogen-bond acceptors (Lipinski definition) is 2. The van der Waals surface area contributed by atoms with Gasteiger partial charge in [0.2, 0.25) is 0 Å². The van der Waals surface area contributed by atoms with E-state index in [1.54, 1.807) is 0 Å². The molecule has 0 spiro atoms. The van der Waals surface area contributed by atoms with Crippen LogP contribution in [0.4, 0.5) is 0 Å². The summed E-state index contributed by atoms with van der Waals surface area (Å²) in [5.41, 5.74) is 1.32. The zero-order chi connectivity index (χ0) is 13.9. The van der Waals surface area contributed by atoms with Crippen LogP contribution in [0.5, 0.6) is 0 Å². The summed E-state index contributed by atoms with van der Waals surface area (Å²) in [5, 5.41) is 5.95. The predicted molar refractivity (Wildman–Crippen MR) is 92.3 cm³/mol. The van der Waals surface area contributed by atoms with E-state index in [4.69, 9.17) is 0 Å². The van der Waals surface area contributed by atoms with Gasteiger partial charge in [0.05, 0.1) is 0 Å². The number of nitrogens with one attached hydrogen (secondary N) is 1. The maximum Gasteiger partial charge on any atom is 0.0352 e. The number of halogens is 1. The van der Waals surface area contributed by atoms with Gasteiger partial charge in [0, 0.05) is 20.8 Å². The summed E-state index contributed by atoms with van der Waals surface area (Å²) in [5.74, 6) is 0. The number of benzene rings is 2. The first kappa shape index (κ1) is 13.8. The van der Waals surface area contributed by atoms with E-state index >= 15 is 0 Å². The van der Waals surface area contributed by atoms with Crippen molar-refractivity contribution in [1.29, 1.82) is 0 Å². The molecule has 0 radical (unpaired) electrons. The first-order valence-electron chi connectivity index (χ1n) is 6.76. The second kappa shape index (κ2) is 6.08. The van der Waals surface area contributed by atoms with E-state index in [0.29, 0.717) is 0 Å². The Balaban J connectivity index is 2.06. The summed E-state index contributed by atoms with van der Waals surface area (Å²) >= 11 is 5.51. The van der Waals surface area contributed by atoms with Crippen molar-refractivity contribution in [1.82, 2.24) is 5.32 Å². The van der Waals surface area contributed by atoms with Crippen LogP contribution >= 0.6 is 27.3 Å². The van der Waals surface area contributed by atoms with E-state index in [2.05, 4.69) is 76.7 Å². The van der Waals surface area contributed by atoms with Crippen LogP contribution in [0.1, 0.15) is 11.8 Å². The van der Waals surface area contributed by atoms with Gasteiger partial charge < -0.3 is 5.32 Å². The maximum absolute atomic E-state index is 3.64. The fourth-order valence-corrected chi connectivity index (χ4v) is 3.84. The lowest BCUT2D eigenvalue weighted by Gasteiger charge is -2.06. The highest BCUT2D eigenvalue weighted by molar-refractivity contribution is 9.10. The van der Waals surface area contributed by atoms with E-state index in [1.165, 1.54) is 26.1 Å². The molecule has 102 valence electrons. The van der Waals surface area contributed by atoms with Crippen molar-refractivity contribution in [3.8, 4) is 10.4 Å². The van der Waals surface area contributed by atoms with Crippen LogP contribution in [0, 0.1) is 0 Å². The van der Waals surface area contributed by atoms with Crippen molar-refractivity contribution in [3.63, 3.8) is 0 Å². The minimum Gasteiger partial charge on any atom is -0.312 e. The molecule has 3 aromatic rings. The highest BCUT2D eigenvalue weighted by atomic mass is 79.9. The molecule has 0 amide bonds. The highest BCUT2D eigenvalue weighted by Crippen LogP contribution is 2.36. The van der Waals surface area contributed by atoms with Crippen molar-refractivity contribution >= 4 is 38.0 Å². The largest absolute Gasteiger partial charge is 0.312 e. The van der Waals surface area contributed by atoms with Gasteiger partial charge in [0.15, 0.2) is 0 Å². The summed E-state index contributed by atoms with van der Waals surface area (Å²) in [6.07, 6.45) is 0. The molecule has 3 heteroatoms. The monoisotopic (exact) mass is 345 g/mol. The topological polar surface area (TPSA) is 12.0 Å². The molecule has 0 saturated carbocycles. The minimum atomic E-state index is 0.954. The first-order chi connectivity index (χ1) is 9.79. The van der Waals surface area contributed by atoms with Crippen molar-refractivity contribution in [2.75, 3.05) is 6.54 Å². The van der Waals surface area contributed by atoms with Crippen LogP contribution in [0.2, 0.25) is 0 Å². The molecule has 0 unspecified atom stereocenters. The van der Waals surface area contributed by atoms with Crippen LogP contribution in [0.3, 0.4) is 0 Å². The molecule has 20 heavy (non-hydrogen) atoms. The zero-order valence-electron chi connectivity index (χ0n) is 11.3. The molecule has 1 heterocycles. The van der Waals surface area contributed by atoms with E-state index in [0.717, 1.165) is 17.6 Å². The average Bonchev–Trinajstić information content (AvgIpc) is 2.94. The second-order valence-corrected chi connectivity index (χ2v) is 6.71. The highest BCUT2D eigenvalue weighted by Gasteiger charge is 2.08. The lowest BCUT2D eigenvalue weighted by atomic mass is 10.0. The molecule has 0 bridgehead atoms. The van der Waals surface area contributed by atoms with Crippen LogP contribution in [0.25, 0.3) is 21.2 Å². The van der Waals surface area contributed by atoms with Gasteiger partial charge in [-0.2, -0.15) is 0 Å². The number of fused-ring (bicyclic) bond motifs is 1. The van der Waals surface area contributed by atoms with Gasteiger partial charge in [-0.3, -0.25) is 0 Å². The Morgan fingerprint density at radius 1 is 1.00 bits per heavy atom. The normalized spacial score (nSPS) is 11.1. The van der Waals surface area contributed by atoms with Crippen LogP contribution in [0.15, 0.2) is 53.0 Å². The molecular formula is C17H16BrNS. The third kappa shape index (κ3) is 2.66. The lowest BCUT2D eigenvalue weighted by Crippen LogP contribution is -2.10. The summed E-state index contributed by atoms with van der Waals surface area (Å²) in [6.45, 7) is 4.10. The number of thiophene rings is 1. The quantitative estimate of drug-likeness (QED) is 0.663. The second-order valence-electron chi connectivity index (χ2n) is 4.69. The molecule has 1 aromatic heterocycles. The lowest BCUT2D eigenvalue weighted by molar-refractivity contribution is 0.735. The molecule has 0 aliphatic rings. The SMILES string of the molecule is CCNCc1ccc(-c2ccc(Br)c3ccccc23)s1. The van der Waals surface area contributed by atoms with Crippen molar-refractivity contribution in [3.05, 3.63) is 57.9 Å². The van der Waals surface area contributed by atoms with Crippen molar-refractivity contribution in [2.45, 2.75) is 13.5 Å². The van der Waals surface area contributed by atoms with E-state index < -0.39 is 0 Å². The predicted octanol–water partition coefficient (Wildman–Crippen LogP) is 5.44. The van der Waals surface area contributed by atoms with Crippen molar-refractivity contribution < 1.29 is 0 Å². The number of hydrogen-bond donors (Lipinski definition) is 1. The van der Waals surface area contributed by atoms with Gasteiger partial charge in [-0.1, -0.05) is 53.2 Å². The summed E-state index contributed by atoms with van der Waals surface area (Å²) < 4.78 is 1.15. The Hall–Kier alpha value is -1.16. The Morgan fingerprint density at radius 3 is 2.60 bits per heavy atom. The Kier molecular flexibility index (Phi) is 4.20. The molecule has 0 aliphatic carbocycles. The molecule has 0 saturated heterocycles. The fraction of sp³-hybridized carbons (Fsp3) is 0.176. The third-order valence-electron chi connectivity index (χ3n) is 3.35. The zero-order valence-corrected chi connectivity index (χ0v) is 13.7.